The molecule has 0 aliphatic heterocycles. The first-order valence-electron chi connectivity index (χ1n) is 5.03. The normalized spacial score (nSPS) is 10.3. The highest BCUT2D eigenvalue weighted by atomic mass is 16.5. The lowest BCUT2D eigenvalue weighted by Crippen LogP contribution is -2.01. The zero-order valence-electron chi connectivity index (χ0n) is 10.0. The minimum absolute atomic E-state index is 0.405. The molecule has 0 aliphatic carbocycles. The van der Waals surface area contributed by atoms with Crippen LogP contribution in [-0.4, -0.2) is 26.2 Å². The Morgan fingerprint density at radius 1 is 1.18 bits per heavy atom. The van der Waals surface area contributed by atoms with Gasteiger partial charge in [0.15, 0.2) is 0 Å². The summed E-state index contributed by atoms with van der Waals surface area (Å²) in [6, 6.07) is 5.14. The van der Waals surface area contributed by atoms with Gasteiger partial charge in [-0.2, -0.15) is 0 Å². The summed E-state index contributed by atoms with van der Waals surface area (Å²) in [6.07, 6.45) is 2.91. The molecule has 0 aromatic heterocycles. The maximum Gasteiger partial charge on any atom is 0.337 e. The first kappa shape index (κ1) is 13.0. The Morgan fingerprint density at radius 2 is 1.88 bits per heavy atom. The van der Waals surface area contributed by atoms with Crippen LogP contribution in [0.4, 0.5) is 0 Å². The van der Waals surface area contributed by atoms with Gasteiger partial charge in [-0.1, -0.05) is 6.07 Å². The average molecular weight is 234 g/mol. The number of aryl methyl sites for hydroxylation is 1. The smallest absolute Gasteiger partial charge is 0.337 e. The Labute approximate surface area is 99.8 Å². The lowest BCUT2D eigenvalue weighted by Gasteiger charge is -2.03. The summed E-state index contributed by atoms with van der Waals surface area (Å²) in [7, 11) is 2.64. The lowest BCUT2D eigenvalue weighted by atomic mass is 10.0. The number of carbonyl (C=O) groups is 2. The first-order chi connectivity index (χ1) is 8.08. The van der Waals surface area contributed by atoms with E-state index in [2.05, 4.69) is 9.47 Å². The van der Waals surface area contributed by atoms with Crippen molar-refractivity contribution in [2.24, 2.45) is 0 Å². The Morgan fingerprint density at radius 3 is 2.47 bits per heavy atom. The van der Waals surface area contributed by atoms with Gasteiger partial charge in [0.25, 0.3) is 0 Å². The van der Waals surface area contributed by atoms with E-state index in [0.29, 0.717) is 5.56 Å². The van der Waals surface area contributed by atoms with Crippen molar-refractivity contribution in [2.75, 3.05) is 14.2 Å². The summed E-state index contributed by atoms with van der Waals surface area (Å²) in [6.45, 7) is 1.89. The summed E-state index contributed by atoms with van der Waals surface area (Å²) in [5.41, 5.74) is 2.18. The average Bonchev–Trinajstić information content (AvgIpc) is 2.36. The number of hydrogen-bond donors (Lipinski definition) is 0. The highest BCUT2D eigenvalue weighted by molar-refractivity contribution is 5.91. The third kappa shape index (κ3) is 3.45. The van der Waals surface area contributed by atoms with Crippen molar-refractivity contribution >= 4 is 18.0 Å². The Hall–Kier alpha value is -2.10. The Balaban J connectivity index is 3.02. The zero-order valence-corrected chi connectivity index (χ0v) is 10.0. The first-order valence-corrected chi connectivity index (χ1v) is 5.03. The molecule has 17 heavy (non-hydrogen) atoms. The largest absolute Gasteiger partial charge is 0.466 e. The van der Waals surface area contributed by atoms with E-state index in [1.807, 2.05) is 6.92 Å². The van der Waals surface area contributed by atoms with Crippen molar-refractivity contribution in [3.8, 4) is 0 Å². The minimum atomic E-state index is -0.437. The molecule has 90 valence electrons. The number of benzene rings is 1. The lowest BCUT2D eigenvalue weighted by molar-refractivity contribution is -0.134. The van der Waals surface area contributed by atoms with Crippen LogP contribution in [0.3, 0.4) is 0 Å². The fourth-order valence-electron chi connectivity index (χ4n) is 1.29. The third-order valence-electron chi connectivity index (χ3n) is 2.30. The molecule has 0 aliphatic rings. The van der Waals surface area contributed by atoms with Gasteiger partial charge in [-0.05, 0) is 36.3 Å². The predicted molar refractivity (Wildman–Crippen MR) is 63.6 cm³/mol. The fraction of sp³-hybridized carbons (Fsp3) is 0.231. The monoisotopic (exact) mass is 234 g/mol. The van der Waals surface area contributed by atoms with Crippen molar-refractivity contribution in [3.63, 3.8) is 0 Å². The molecule has 1 rings (SSSR count). The molecule has 4 nitrogen and oxygen atoms in total. The zero-order chi connectivity index (χ0) is 12.8. The van der Waals surface area contributed by atoms with Crippen molar-refractivity contribution < 1.29 is 19.1 Å². The van der Waals surface area contributed by atoms with Crippen LogP contribution in [0.15, 0.2) is 24.3 Å². The topological polar surface area (TPSA) is 52.6 Å². The molecule has 0 saturated heterocycles. The molecule has 0 radical (unpaired) electrons. The number of esters is 2. The highest BCUT2D eigenvalue weighted by Gasteiger charge is 2.06. The van der Waals surface area contributed by atoms with Gasteiger partial charge >= 0.3 is 11.9 Å². The van der Waals surface area contributed by atoms with E-state index in [1.165, 1.54) is 20.3 Å². The molecule has 0 heterocycles. The van der Waals surface area contributed by atoms with Crippen LogP contribution >= 0.6 is 0 Å². The van der Waals surface area contributed by atoms with Crippen LogP contribution in [0.5, 0.6) is 0 Å². The molecule has 0 atom stereocenters. The van der Waals surface area contributed by atoms with Gasteiger partial charge in [0.1, 0.15) is 0 Å². The minimum Gasteiger partial charge on any atom is -0.466 e. The van der Waals surface area contributed by atoms with Gasteiger partial charge in [-0.15, -0.1) is 0 Å². The summed E-state index contributed by atoms with van der Waals surface area (Å²) >= 11 is 0. The second-order valence-corrected chi connectivity index (χ2v) is 3.42. The van der Waals surface area contributed by atoms with Gasteiger partial charge in [-0.3, -0.25) is 0 Å². The molecule has 0 N–H and O–H groups in total. The quantitative estimate of drug-likeness (QED) is 0.592. The SMILES string of the molecule is COC(=O)C=Cc1cc(C(=O)OC)ccc1C. The number of hydrogen-bond acceptors (Lipinski definition) is 4. The molecular weight excluding hydrogens is 220 g/mol. The van der Waals surface area contributed by atoms with Crippen LogP contribution in [0.1, 0.15) is 21.5 Å². The molecular formula is C13H14O4. The highest BCUT2D eigenvalue weighted by Crippen LogP contribution is 2.13. The van der Waals surface area contributed by atoms with Crippen molar-refractivity contribution in [1.29, 1.82) is 0 Å². The maximum absolute atomic E-state index is 11.3. The second-order valence-electron chi connectivity index (χ2n) is 3.42. The van der Waals surface area contributed by atoms with E-state index < -0.39 is 11.9 Å². The molecule has 0 unspecified atom stereocenters. The molecule has 0 fully saturated rings. The molecule has 0 amide bonds. The van der Waals surface area contributed by atoms with Gasteiger partial charge in [-0.25, -0.2) is 9.59 Å². The van der Waals surface area contributed by atoms with Crippen molar-refractivity contribution in [1.82, 2.24) is 0 Å². The molecule has 1 aromatic carbocycles. The van der Waals surface area contributed by atoms with E-state index in [0.717, 1.165) is 11.1 Å². The predicted octanol–water partition coefficient (Wildman–Crippen LogP) is 1.97. The van der Waals surface area contributed by atoms with Crippen LogP contribution in [0.25, 0.3) is 6.08 Å². The van der Waals surface area contributed by atoms with Gasteiger partial charge in [0, 0.05) is 6.08 Å². The number of rotatable bonds is 3. The van der Waals surface area contributed by atoms with Gasteiger partial charge in [0.05, 0.1) is 19.8 Å². The van der Waals surface area contributed by atoms with E-state index in [1.54, 1.807) is 24.3 Å². The summed E-state index contributed by atoms with van der Waals surface area (Å²) < 4.78 is 9.12. The molecule has 4 heteroatoms. The number of ether oxygens (including phenoxy) is 2. The van der Waals surface area contributed by atoms with Gasteiger partial charge in [0.2, 0.25) is 0 Å². The van der Waals surface area contributed by atoms with Crippen molar-refractivity contribution in [3.05, 3.63) is 41.0 Å². The standard InChI is InChI=1S/C13H14O4/c1-9-4-5-11(13(15)17-3)8-10(9)6-7-12(14)16-2/h4-8H,1-3H3. The summed E-state index contributed by atoms with van der Waals surface area (Å²) in [4.78, 5) is 22.3. The Kier molecular flexibility index (Phi) is 4.46. The van der Waals surface area contributed by atoms with Crippen LogP contribution < -0.4 is 0 Å². The summed E-state index contributed by atoms with van der Waals surface area (Å²) in [5, 5.41) is 0. The number of carbonyl (C=O) groups excluding carboxylic acids is 2. The molecule has 1 aromatic rings. The third-order valence-corrected chi connectivity index (χ3v) is 2.30. The summed E-state index contributed by atoms with van der Waals surface area (Å²) in [5.74, 6) is -0.842. The van der Waals surface area contributed by atoms with Crippen LogP contribution in [0, 0.1) is 6.92 Å². The Bertz CT molecular complexity index is 460. The number of methoxy groups -OCH3 is 2. The fourth-order valence-corrected chi connectivity index (χ4v) is 1.29. The maximum atomic E-state index is 11.3. The second kappa shape index (κ2) is 5.84. The van der Waals surface area contributed by atoms with E-state index in [-0.39, 0.29) is 0 Å². The molecule has 0 saturated carbocycles. The van der Waals surface area contributed by atoms with E-state index in [9.17, 15) is 9.59 Å². The van der Waals surface area contributed by atoms with E-state index >= 15 is 0 Å². The van der Waals surface area contributed by atoms with Crippen LogP contribution in [-0.2, 0) is 14.3 Å². The van der Waals surface area contributed by atoms with Crippen molar-refractivity contribution in [2.45, 2.75) is 6.92 Å². The van der Waals surface area contributed by atoms with Crippen LogP contribution in [0.2, 0.25) is 0 Å². The molecule has 0 bridgehead atoms. The van der Waals surface area contributed by atoms with Gasteiger partial charge < -0.3 is 9.47 Å². The molecule has 0 spiro atoms. The van der Waals surface area contributed by atoms with E-state index in [4.69, 9.17) is 0 Å².